The number of hydrogen-bond donors (Lipinski definition) is 0. The highest BCUT2D eigenvalue weighted by Crippen LogP contribution is 2.37. The van der Waals surface area contributed by atoms with Crippen molar-refractivity contribution in [2.45, 2.75) is 59.2 Å². The van der Waals surface area contributed by atoms with Crippen molar-refractivity contribution in [1.29, 1.82) is 0 Å². The summed E-state index contributed by atoms with van der Waals surface area (Å²) < 4.78 is 0. The van der Waals surface area contributed by atoms with Crippen LogP contribution >= 0.6 is 15.9 Å². The number of rotatable bonds is 4. The maximum Gasteiger partial charge on any atom is 0.0403 e. The highest BCUT2D eigenvalue weighted by atomic mass is 79.9. The Labute approximate surface area is 115 Å². The number of benzene rings is 1. The van der Waals surface area contributed by atoms with Gasteiger partial charge in [-0.05, 0) is 67.9 Å². The van der Waals surface area contributed by atoms with Gasteiger partial charge in [0.15, 0.2) is 0 Å². The summed E-state index contributed by atoms with van der Waals surface area (Å²) in [4.78, 5) is 0.496. The third-order valence-corrected chi connectivity index (χ3v) is 4.88. The molecule has 0 aromatic heterocycles. The smallest absolute Gasteiger partial charge is 0.0403 e. The first-order valence-corrected chi connectivity index (χ1v) is 7.51. The Morgan fingerprint density at radius 3 is 1.94 bits per heavy atom. The van der Waals surface area contributed by atoms with Gasteiger partial charge in [-0.3, -0.25) is 0 Å². The van der Waals surface area contributed by atoms with E-state index in [9.17, 15) is 0 Å². The van der Waals surface area contributed by atoms with Gasteiger partial charge in [0, 0.05) is 4.83 Å². The zero-order valence-corrected chi connectivity index (χ0v) is 13.6. The molecule has 0 spiro atoms. The lowest BCUT2D eigenvalue weighted by atomic mass is 9.89. The predicted octanol–water partition coefficient (Wildman–Crippen LogP) is 5.79. The molecule has 0 saturated heterocycles. The van der Waals surface area contributed by atoms with Gasteiger partial charge in [0.25, 0.3) is 0 Å². The normalized spacial score (nSPS) is 14.8. The molecule has 0 fully saturated rings. The van der Waals surface area contributed by atoms with Gasteiger partial charge in [-0.2, -0.15) is 0 Å². The van der Waals surface area contributed by atoms with Crippen LogP contribution in [0.15, 0.2) is 6.07 Å². The molecule has 96 valence electrons. The van der Waals surface area contributed by atoms with E-state index in [0.29, 0.717) is 4.83 Å². The van der Waals surface area contributed by atoms with E-state index < -0.39 is 0 Å². The third-order valence-electron chi connectivity index (χ3n) is 4.04. The summed E-state index contributed by atoms with van der Waals surface area (Å²) in [5.41, 5.74) is 7.26. The van der Waals surface area contributed by atoms with Crippen molar-refractivity contribution in [2.75, 3.05) is 0 Å². The molecule has 0 amide bonds. The fraction of sp³-hybridized carbons (Fsp3) is 0.625. The Hall–Kier alpha value is -0.300. The van der Waals surface area contributed by atoms with E-state index in [1.54, 1.807) is 0 Å². The molecule has 2 unspecified atom stereocenters. The van der Waals surface area contributed by atoms with E-state index in [-0.39, 0.29) is 0 Å². The van der Waals surface area contributed by atoms with Gasteiger partial charge >= 0.3 is 0 Å². The average molecular weight is 297 g/mol. The summed E-state index contributed by atoms with van der Waals surface area (Å²) in [5.74, 6) is 0.777. The van der Waals surface area contributed by atoms with Crippen LogP contribution in [0.5, 0.6) is 0 Å². The topological polar surface area (TPSA) is 0 Å². The molecule has 1 rings (SSSR count). The summed E-state index contributed by atoms with van der Waals surface area (Å²) >= 11 is 3.90. The molecule has 1 aromatic carbocycles. The second kappa shape index (κ2) is 6.04. The molecule has 0 bridgehead atoms. The van der Waals surface area contributed by atoms with Crippen LogP contribution < -0.4 is 0 Å². The fourth-order valence-corrected chi connectivity index (χ4v) is 3.68. The number of hydrogen-bond acceptors (Lipinski definition) is 0. The highest BCUT2D eigenvalue weighted by Gasteiger charge is 2.17. The fourth-order valence-electron chi connectivity index (χ4n) is 2.35. The van der Waals surface area contributed by atoms with Gasteiger partial charge in [-0.1, -0.05) is 42.3 Å². The van der Waals surface area contributed by atoms with Crippen molar-refractivity contribution in [3.63, 3.8) is 0 Å². The summed E-state index contributed by atoms with van der Waals surface area (Å²) in [5, 5.41) is 0. The van der Waals surface area contributed by atoms with Crippen LogP contribution in [0.2, 0.25) is 0 Å². The lowest BCUT2D eigenvalue weighted by molar-refractivity contribution is 0.513. The Kier molecular flexibility index (Phi) is 5.24. The van der Waals surface area contributed by atoms with Crippen LogP contribution in [-0.2, 0) is 0 Å². The molecule has 0 N–H and O–H groups in total. The van der Waals surface area contributed by atoms with E-state index in [1.165, 1.54) is 40.7 Å². The van der Waals surface area contributed by atoms with E-state index in [2.05, 4.69) is 63.5 Å². The zero-order valence-electron chi connectivity index (χ0n) is 12.0. The lowest BCUT2D eigenvalue weighted by Crippen LogP contribution is -2.05. The molecular formula is C16H25Br. The van der Waals surface area contributed by atoms with Crippen LogP contribution in [0.3, 0.4) is 0 Å². The van der Waals surface area contributed by atoms with E-state index in [1.807, 2.05) is 0 Å². The molecule has 0 nitrogen and oxygen atoms in total. The van der Waals surface area contributed by atoms with E-state index in [0.717, 1.165) is 5.92 Å². The minimum atomic E-state index is 0.496. The maximum atomic E-state index is 3.90. The number of halogens is 1. The van der Waals surface area contributed by atoms with Gasteiger partial charge < -0.3 is 0 Å². The summed E-state index contributed by atoms with van der Waals surface area (Å²) in [6.45, 7) is 13.5. The van der Waals surface area contributed by atoms with Crippen molar-refractivity contribution in [2.24, 2.45) is 5.92 Å². The predicted molar refractivity (Wildman–Crippen MR) is 81.1 cm³/mol. The SMILES string of the molecule is CCC(C)CC(Br)c1c(C)c(C)cc(C)c1C. The molecule has 17 heavy (non-hydrogen) atoms. The summed E-state index contributed by atoms with van der Waals surface area (Å²) in [6.07, 6.45) is 2.48. The zero-order chi connectivity index (χ0) is 13.2. The Morgan fingerprint density at radius 1 is 1.06 bits per heavy atom. The van der Waals surface area contributed by atoms with E-state index in [4.69, 9.17) is 0 Å². The molecule has 0 aliphatic heterocycles. The van der Waals surface area contributed by atoms with Crippen molar-refractivity contribution in [1.82, 2.24) is 0 Å². The average Bonchev–Trinajstić information content (AvgIpc) is 2.26. The van der Waals surface area contributed by atoms with Crippen LogP contribution in [0.1, 0.15) is 59.3 Å². The largest absolute Gasteiger partial charge is 0.0838 e. The van der Waals surface area contributed by atoms with Crippen LogP contribution in [-0.4, -0.2) is 0 Å². The Morgan fingerprint density at radius 2 is 1.53 bits per heavy atom. The molecule has 0 aliphatic carbocycles. The van der Waals surface area contributed by atoms with Gasteiger partial charge in [0.05, 0.1) is 0 Å². The van der Waals surface area contributed by atoms with Crippen molar-refractivity contribution in [3.8, 4) is 0 Å². The standard InChI is InChI=1S/C16H25Br/c1-7-10(2)8-15(17)16-13(5)11(3)9-12(4)14(16)6/h9-10,15H,7-8H2,1-6H3. The van der Waals surface area contributed by atoms with Crippen LogP contribution in [0, 0.1) is 33.6 Å². The minimum absolute atomic E-state index is 0.496. The first kappa shape index (κ1) is 14.8. The van der Waals surface area contributed by atoms with Crippen molar-refractivity contribution >= 4 is 15.9 Å². The second-order valence-electron chi connectivity index (χ2n) is 5.39. The van der Waals surface area contributed by atoms with Crippen molar-refractivity contribution in [3.05, 3.63) is 33.9 Å². The van der Waals surface area contributed by atoms with Gasteiger partial charge in [-0.25, -0.2) is 0 Å². The molecule has 0 heterocycles. The van der Waals surface area contributed by atoms with Crippen LogP contribution in [0.25, 0.3) is 0 Å². The van der Waals surface area contributed by atoms with E-state index >= 15 is 0 Å². The monoisotopic (exact) mass is 296 g/mol. The molecule has 0 aliphatic rings. The number of aryl methyl sites for hydroxylation is 2. The minimum Gasteiger partial charge on any atom is -0.0838 e. The van der Waals surface area contributed by atoms with Gasteiger partial charge in [-0.15, -0.1) is 0 Å². The summed E-state index contributed by atoms with van der Waals surface area (Å²) in [7, 11) is 0. The summed E-state index contributed by atoms with van der Waals surface area (Å²) in [6, 6.07) is 2.30. The quantitative estimate of drug-likeness (QED) is 0.617. The maximum absolute atomic E-state index is 3.90. The first-order valence-electron chi connectivity index (χ1n) is 6.59. The Bertz CT molecular complexity index is 367. The Balaban J connectivity index is 3.12. The molecular weight excluding hydrogens is 272 g/mol. The molecule has 0 radical (unpaired) electrons. The third kappa shape index (κ3) is 3.34. The molecule has 0 saturated carbocycles. The van der Waals surface area contributed by atoms with Gasteiger partial charge in [0.2, 0.25) is 0 Å². The molecule has 1 aromatic rings. The first-order chi connectivity index (χ1) is 7.88. The molecule has 1 heteroatoms. The van der Waals surface area contributed by atoms with Gasteiger partial charge in [0.1, 0.15) is 0 Å². The number of alkyl halides is 1. The lowest BCUT2D eigenvalue weighted by Gasteiger charge is -2.22. The van der Waals surface area contributed by atoms with Crippen molar-refractivity contribution < 1.29 is 0 Å². The molecule has 2 atom stereocenters. The highest BCUT2D eigenvalue weighted by molar-refractivity contribution is 9.09. The van der Waals surface area contributed by atoms with Crippen LogP contribution in [0.4, 0.5) is 0 Å². The second-order valence-corrected chi connectivity index (χ2v) is 6.50.